The zero-order chi connectivity index (χ0) is 17.4. The van der Waals surface area contributed by atoms with E-state index in [1.807, 2.05) is 24.3 Å². The Morgan fingerprint density at radius 2 is 1.88 bits per heavy atom. The summed E-state index contributed by atoms with van der Waals surface area (Å²) in [5.41, 5.74) is 0. The predicted octanol–water partition coefficient (Wildman–Crippen LogP) is 2.52. The molecule has 1 unspecified atom stereocenters. The van der Waals surface area contributed by atoms with Crippen LogP contribution in [0.1, 0.15) is 24.8 Å². The SMILES string of the molecule is CC(C)C(C(=O)O)n1c(O)c(C=C2N=c3ccccc3=N2)sc1=S. The molecule has 124 valence electrons. The molecule has 1 aliphatic rings. The van der Waals surface area contributed by atoms with E-state index in [1.54, 1.807) is 19.9 Å². The fourth-order valence-electron chi connectivity index (χ4n) is 2.53. The van der Waals surface area contributed by atoms with E-state index >= 15 is 0 Å². The van der Waals surface area contributed by atoms with Gasteiger partial charge in [-0.05, 0) is 30.3 Å². The molecule has 0 saturated heterocycles. The number of hydrogen-bond donors (Lipinski definition) is 2. The highest BCUT2D eigenvalue weighted by Crippen LogP contribution is 2.34. The van der Waals surface area contributed by atoms with Crippen LogP contribution in [0.3, 0.4) is 0 Å². The molecule has 1 aliphatic heterocycles. The van der Waals surface area contributed by atoms with Crippen LogP contribution in [-0.2, 0) is 4.79 Å². The number of carbonyl (C=O) groups is 1. The zero-order valence-corrected chi connectivity index (χ0v) is 14.6. The number of carboxylic acid groups (broad SMARTS) is 1. The average molecular weight is 361 g/mol. The summed E-state index contributed by atoms with van der Waals surface area (Å²) in [5.74, 6) is -0.970. The van der Waals surface area contributed by atoms with Crippen LogP contribution in [0.25, 0.3) is 6.08 Å². The van der Waals surface area contributed by atoms with Gasteiger partial charge in [0.15, 0.2) is 9.78 Å². The Morgan fingerprint density at radius 1 is 1.29 bits per heavy atom. The van der Waals surface area contributed by atoms with Crippen molar-refractivity contribution in [1.82, 2.24) is 4.57 Å². The van der Waals surface area contributed by atoms with E-state index in [4.69, 9.17) is 12.2 Å². The van der Waals surface area contributed by atoms with Gasteiger partial charge in [-0.25, -0.2) is 14.8 Å². The third-order valence-electron chi connectivity index (χ3n) is 3.62. The summed E-state index contributed by atoms with van der Waals surface area (Å²) >= 11 is 6.39. The minimum atomic E-state index is -1.03. The molecule has 0 amide bonds. The van der Waals surface area contributed by atoms with Crippen molar-refractivity contribution in [3.05, 3.63) is 49.6 Å². The lowest BCUT2D eigenvalue weighted by Crippen LogP contribution is -2.23. The Labute approximate surface area is 146 Å². The largest absolute Gasteiger partial charge is 0.493 e. The quantitative estimate of drug-likeness (QED) is 0.819. The van der Waals surface area contributed by atoms with Crippen LogP contribution in [0.5, 0.6) is 5.88 Å². The third-order valence-corrected chi connectivity index (χ3v) is 4.96. The fraction of sp³-hybridized carbons (Fsp3) is 0.250. The van der Waals surface area contributed by atoms with E-state index in [9.17, 15) is 15.0 Å². The number of rotatable bonds is 4. The standard InChI is InChI=1S/C16H15N3O3S2/c1-8(2)13(15(21)22)19-14(20)11(24-16(19)23)7-12-17-9-5-3-4-6-10(9)18-12/h3-8,13,20H,1-2H3,(H,21,22). The summed E-state index contributed by atoms with van der Waals surface area (Å²) in [5, 5.41) is 21.4. The molecule has 2 heterocycles. The average Bonchev–Trinajstić information content (AvgIpc) is 3.02. The van der Waals surface area contributed by atoms with Crippen LogP contribution in [0.15, 0.2) is 40.1 Å². The summed E-state index contributed by atoms with van der Waals surface area (Å²) < 4.78 is 1.58. The Balaban J connectivity index is 2.08. The number of carboxylic acids is 1. The zero-order valence-electron chi connectivity index (χ0n) is 13.0. The molecule has 0 bridgehead atoms. The van der Waals surface area contributed by atoms with Gasteiger partial charge in [0.05, 0.1) is 15.6 Å². The van der Waals surface area contributed by atoms with Crippen molar-refractivity contribution < 1.29 is 15.0 Å². The second-order valence-electron chi connectivity index (χ2n) is 5.67. The van der Waals surface area contributed by atoms with Gasteiger partial charge in [0.2, 0.25) is 5.88 Å². The maximum absolute atomic E-state index is 11.5. The fourth-order valence-corrected chi connectivity index (χ4v) is 3.84. The van der Waals surface area contributed by atoms with Crippen LogP contribution in [0.2, 0.25) is 0 Å². The Bertz CT molecular complexity index is 981. The first-order valence-electron chi connectivity index (χ1n) is 7.29. The van der Waals surface area contributed by atoms with E-state index in [0.29, 0.717) is 14.7 Å². The molecule has 0 radical (unpaired) electrons. The maximum Gasteiger partial charge on any atom is 0.327 e. The van der Waals surface area contributed by atoms with Crippen LogP contribution >= 0.6 is 23.6 Å². The van der Waals surface area contributed by atoms with Gasteiger partial charge in [0, 0.05) is 6.08 Å². The van der Waals surface area contributed by atoms with E-state index in [0.717, 1.165) is 22.1 Å². The van der Waals surface area contributed by atoms with E-state index < -0.39 is 12.0 Å². The number of aliphatic carboxylic acids is 1. The smallest absolute Gasteiger partial charge is 0.327 e. The van der Waals surface area contributed by atoms with Crippen molar-refractivity contribution in [1.29, 1.82) is 0 Å². The first-order chi connectivity index (χ1) is 11.4. The van der Waals surface area contributed by atoms with Crippen molar-refractivity contribution in [2.75, 3.05) is 0 Å². The second-order valence-corrected chi connectivity index (χ2v) is 7.34. The molecule has 2 aromatic rings. The number of aromatic hydroxyl groups is 1. The van der Waals surface area contributed by atoms with Gasteiger partial charge in [-0.15, -0.1) is 11.3 Å². The van der Waals surface area contributed by atoms with Gasteiger partial charge >= 0.3 is 5.97 Å². The van der Waals surface area contributed by atoms with Crippen molar-refractivity contribution >= 4 is 35.6 Å². The first-order valence-corrected chi connectivity index (χ1v) is 8.52. The minimum absolute atomic E-state index is 0.167. The molecule has 1 aromatic carbocycles. The van der Waals surface area contributed by atoms with Gasteiger partial charge in [-0.1, -0.05) is 26.0 Å². The lowest BCUT2D eigenvalue weighted by molar-refractivity contribution is -0.142. The lowest BCUT2D eigenvalue weighted by Gasteiger charge is -2.18. The van der Waals surface area contributed by atoms with Gasteiger partial charge in [-0.2, -0.15) is 0 Å². The Morgan fingerprint density at radius 3 is 2.38 bits per heavy atom. The summed E-state index contributed by atoms with van der Waals surface area (Å²) in [4.78, 5) is 20.7. The maximum atomic E-state index is 11.5. The minimum Gasteiger partial charge on any atom is -0.493 e. The molecule has 6 nitrogen and oxygen atoms in total. The number of aromatic nitrogens is 1. The van der Waals surface area contributed by atoms with Crippen LogP contribution in [0.4, 0.5) is 0 Å². The van der Waals surface area contributed by atoms with Gasteiger partial charge in [0.1, 0.15) is 6.04 Å². The topological polar surface area (TPSA) is 87.2 Å². The molecule has 1 aromatic heterocycles. The van der Waals surface area contributed by atoms with Crippen molar-refractivity contribution in [2.45, 2.75) is 19.9 Å². The molecule has 3 rings (SSSR count). The molecule has 0 saturated carbocycles. The molecule has 24 heavy (non-hydrogen) atoms. The molecular formula is C16H15N3O3S2. The molecule has 2 N–H and O–H groups in total. The van der Waals surface area contributed by atoms with Crippen LogP contribution in [-0.4, -0.2) is 20.7 Å². The molecular weight excluding hydrogens is 346 g/mol. The number of nitrogens with zero attached hydrogens (tertiary/aromatic N) is 3. The number of hydrogen-bond acceptors (Lipinski definition) is 6. The third kappa shape index (κ3) is 2.90. The van der Waals surface area contributed by atoms with Crippen molar-refractivity contribution in [2.24, 2.45) is 15.9 Å². The molecule has 0 fully saturated rings. The highest BCUT2D eigenvalue weighted by Gasteiger charge is 2.28. The summed E-state index contributed by atoms with van der Waals surface area (Å²) in [6, 6.07) is 6.53. The lowest BCUT2D eigenvalue weighted by atomic mass is 10.0. The van der Waals surface area contributed by atoms with Gasteiger partial charge in [0.25, 0.3) is 0 Å². The van der Waals surface area contributed by atoms with E-state index in [1.165, 1.54) is 4.57 Å². The van der Waals surface area contributed by atoms with Crippen LogP contribution in [0, 0.1) is 9.87 Å². The Hall–Kier alpha value is -2.32. The molecule has 0 aliphatic carbocycles. The number of thiazole rings is 1. The van der Waals surface area contributed by atoms with Crippen molar-refractivity contribution in [3.8, 4) is 5.88 Å². The molecule has 1 atom stereocenters. The summed E-state index contributed by atoms with van der Waals surface area (Å²) in [6.07, 6.45) is 1.62. The molecule has 0 spiro atoms. The number of benzene rings is 1. The van der Waals surface area contributed by atoms with Crippen molar-refractivity contribution in [3.63, 3.8) is 0 Å². The van der Waals surface area contributed by atoms with Gasteiger partial charge in [-0.3, -0.25) is 4.57 Å². The van der Waals surface area contributed by atoms with E-state index in [-0.39, 0.29) is 11.8 Å². The Kier molecular flexibility index (Phi) is 4.33. The molecule has 8 heteroatoms. The second kappa shape index (κ2) is 6.29. The summed E-state index contributed by atoms with van der Waals surface area (Å²) in [6.45, 7) is 3.54. The highest BCUT2D eigenvalue weighted by molar-refractivity contribution is 7.73. The summed E-state index contributed by atoms with van der Waals surface area (Å²) in [7, 11) is 0. The van der Waals surface area contributed by atoms with Gasteiger partial charge < -0.3 is 10.2 Å². The highest BCUT2D eigenvalue weighted by atomic mass is 32.1. The van der Waals surface area contributed by atoms with E-state index in [2.05, 4.69) is 9.98 Å². The first kappa shape index (κ1) is 16.5. The predicted molar refractivity (Wildman–Crippen MR) is 93.0 cm³/mol. The normalized spacial score (nSPS) is 14.0. The van der Waals surface area contributed by atoms with Crippen LogP contribution < -0.4 is 10.7 Å². The number of para-hydroxylation sites is 2. The monoisotopic (exact) mass is 361 g/mol. The number of fused-ring (bicyclic) bond motifs is 1.